The van der Waals surface area contributed by atoms with Crippen LogP contribution in [0.4, 0.5) is 0 Å². The molecule has 5 aliphatic carbocycles. The minimum absolute atomic E-state index is 0.0253. The summed E-state index contributed by atoms with van der Waals surface area (Å²) in [4.78, 5) is 52.3. The molecule has 280 valence electrons. The van der Waals surface area contributed by atoms with E-state index in [-0.39, 0.29) is 17.6 Å². The van der Waals surface area contributed by atoms with Crippen LogP contribution in [0.3, 0.4) is 0 Å². The average Bonchev–Trinajstić information content (AvgIpc) is 3.02. The smallest absolute Gasteiger partial charge is 0.314 e. The van der Waals surface area contributed by atoms with Gasteiger partial charge in [0.25, 0.3) is 0 Å². The van der Waals surface area contributed by atoms with Gasteiger partial charge in [-0.2, -0.15) is 0 Å². The molecule has 0 radical (unpaired) electrons. The highest BCUT2D eigenvalue weighted by atomic mass is 16.8. The highest BCUT2D eigenvalue weighted by Crippen LogP contribution is 2.71. The number of hydrogen-bond acceptors (Lipinski definition) is 15. The third-order valence-electron chi connectivity index (χ3n) is 12.7. The number of aliphatic hydroxyl groups excluding tert-OH is 5. The van der Waals surface area contributed by atoms with Gasteiger partial charge in [0.1, 0.15) is 36.3 Å². The maximum atomic E-state index is 14.5. The number of esters is 3. The van der Waals surface area contributed by atoms with Gasteiger partial charge < -0.3 is 54.0 Å². The van der Waals surface area contributed by atoms with Gasteiger partial charge in [0.2, 0.25) is 12.4 Å². The van der Waals surface area contributed by atoms with Crippen LogP contribution >= 0.6 is 0 Å². The van der Waals surface area contributed by atoms with Crippen LogP contribution < -0.4 is 0 Å². The fourth-order valence-electron chi connectivity index (χ4n) is 10.8. The summed E-state index contributed by atoms with van der Waals surface area (Å²) >= 11 is 0. The number of rotatable bonds is 7. The Morgan fingerprint density at radius 1 is 0.880 bits per heavy atom. The van der Waals surface area contributed by atoms with Crippen LogP contribution in [0, 0.1) is 34.0 Å². The number of fused-ring (bicyclic) bond motifs is 3. The lowest BCUT2D eigenvalue weighted by Crippen LogP contribution is -2.68. The second-order valence-corrected chi connectivity index (χ2v) is 15.8. The maximum Gasteiger partial charge on any atom is 0.314 e. The average molecular weight is 711 g/mol. The fourth-order valence-corrected chi connectivity index (χ4v) is 10.8. The Hall–Kier alpha value is -2.50. The van der Waals surface area contributed by atoms with Crippen molar-refractivity contribution in [2.24, 2.45) is 34.0 Å². The molecule has 0 amide bonds. The number of aliphatic hydroxyl groups is 5. The summed E-state index contributed by atoms with van der Waals surface area (Å²) in [5.41, 5.74) is -1.26. The molecule has 7 rings (SSSR count). The molecule has 50 heavy (non-hydrogen) atoms. The largest absolute Gasteiger partial charge is 0.455 e. The Morgan fingerprint density at radius 3 is 2.20 bits per heavy atom. The monoisotopic (exact) mass is 710 g/mol. The molecule has 0 aromatic rings. The van der Waals surface area contributed by atoms with E-state index in [4.69, 9.17) is 28.4 Å². The van der Waals surface area contributed by atoms with Crippen LogP contribution in [0.1, 0.15) is 72.6 Å². The minimum Gasteiger partial charge on any atom is -0.455 e. The molecule has 15 heteroatoms. The summed E-state index contributed by atoms with van der Waals surface area (Å²) in [6, 6.07) is 0. The van der Waals surface area contributed by atoms with E-state index in [1.165, 1.54) is 0 Å². The summed E-state index contributed by atoms with van der Waals surface area (Å²) in [7, 11) is 0. The van der Waals surface area contributed by atoms with Gasteiger partial charge in [0.05, 0.1) is 30.7 Å². The van der Waals surface area contributed by atoms with Crippen molar-refractivity contribution < 1.29 is 73.1 Å². The van der Waals surface area contributed by atoms with Crippen molar-refractivity contribution in [1.82, 2.24) is 0 Å². The predicted molar refractivity (Wildman–Crippen MR) is 167 cm³/mol. The first-order chi connectivity index (χ1) is 23.5. The van der Waals surface area contributed by atoms with Gasteiger partial charge >= 0.3 is 17.9 Å². The van der Waals surface area contributed by atoms with Crippen molar-refractivity contribution in [2.45, 2.75) is 134 Å². The molecule has 15 nitrogen and oxygen atoms in total. The summed E-state index contributed by atoms with van der Waals surface area (Å²) < 4.78 is 34.4. The summed E-state index contributed by atoms with van der Waals surface area (Å²) in [6.45, 7) is 9.07. The molecule has 7 fully saturated rings. The normalized spacial score (nSPS) is 48.6. The van der Waals surface area contributed by atoms with Gasteiger partial charge in [0.15, 0.2) is 12.4 Å². The first kappa shape index (κ1) is 37.3. The van der Waals surface area contributed by atoms with Crippen LogP contribution in [-0.2, 0) is 47.6 Å². The van der Waals surface area contributed by atoms with E-state index >= 15 is 0 Å². The van der Waals surface area contributed by atoms with Gasteiger partial charge in [-0.1, -0.05) is 25.5 Å². The number of carbonyl (C=O) groups is 4. The zero-order chi connectivity index (χ0) is 36.5. The summed E-state index contributed by atoms with van der Waals surface area (Å²) in [5.74, 6) is -3.40. The zero-order valence-corrected chi connectivity index (χ0v) is 28.9. The first-order valence-corrected chi connectivity index (χ1v) is 17.5. The molecular weight excluding hydrogens is 660 g/mol. The van der Waals surface area contributed by atoms with Crippen molar-refractivity contribution in [2.75, 3.05) is 13.2 Å². The second-order valence-electron chi connectivity index (χ2n) is 15.8. The van der Waals surface area contributed by atoms with Crippen LogP contribution in [0.25, 0.3) is 0 Å². The van der Waals surface area contributed by atoms with E-state index in [2.05, 4.69) is 13.5 Å². The van der Waals surface area contributed by atoms with Crippen LogP contribution in [-0.4, -0.2) is 124 Å². The lowest BCUT2D eigenvalue weighted by molar-refractivity contribution is -0.346. The van der Waals surface area contributed by atoms with Crippen molar-refractivity contribution in [3.63, 3.8) is 0 Å². The molecule has 5 N–H and O–H groups in total. The van der Waals surface area contributed by atoms with E-state index in [0.717, 1.165) is 25.8 Å². The number of ether oxygens (including phenoxy) is 6. The second kappa shape index (κ2) is 13.5. The van der Waals surface area contributed by atoms with Crippen molar-refractivity contribution >= 4 is 23.7 Å². The highest BCUT2D eigenvalue weighted by Gasteiger charge is 2.70. The Morgan fingerprint density at radius 2 is 1.56 bits per heavy atom. The van der Waals surface area contributed by atoms with E-state index in [1.54, 1.807) is 0 Å². The van der Waals surface area contributed by atoms with Gasteiger partial charge in [-0.15, -0.1) is 0 Å². The SMILES string of the molecule is C=C1C[C@]23CC[C@H]4[C@@](C)(CCC[C@@]4(C)C(=O)O[C@@H]4O[C@H](CO)[C@@H](O[C@@H]5OC[C@H](O)[C@H](O)[C@H]5O)[C@H](OC(C)=O)[C@H]4OC(C)=O)[C@@H]2[C@@H](O)[C@@H]1C(=O)C3. The van der Waals surface area contributed by atoms with Gasteiger partial charge in [-0.3, -0.25) is 19.2 Å². The maximum absolute atomic E-state index is 14.5. The topological polar surface area (TPSA) is 225 Å². The third kappa shape index (κ3) is 6.00. The Labute approximate surface area is 290 Å². The van der Waals surface area contributed by atoms with E-state index in [9.17, 15) is 44.7 Å². The van der Waals surface area contributed by atoms with E-state index < -0.39 is 115 Å². The molecule has 2 heterocycles. The zero-order valence-electron chi connectivity index (χ0n) is 28.9. The van der Waals surface area contributed by atoms with E-state index in [1.807, 2.05) is 6.92 Å². The molecule has 7 aliphatic rings. The highest BCUT2D eigenvalue weighted by molar-refractivity contribution is 5.88. The van der Waals surface area contributed by atoms with Gasteiger partial charge in [-0.25, -0.2) is 0 Å². The molecule has 2 bridgehead atoms. The molecule has 2 aliphatic heterocycles. The molecule has 0 aromatic carbocycles. The van der Waals surface area contributed by atoms with Crippen molar-refractivity contribution in [3.8, 4) is 0 Å². The number of hydrogen-bond donors (Lipinski definition) is 5. The quantitative estimate of drug-likeness (QED) is 0.134. The first-order valence-electron chi connectivity index (χ1n) is 17.5. The van der Waals surface area contributed by atoms with Crippen molar-refractivity contribution in [3.05, 3.63) is 12.2 Å². The lowest BCUT2D eigenvalue weighted by atomic mass is 9.36. The molecular formula is C35H50O15. The number of ketones is 1. The minimum atomic E-state index is -1.75. The van der Waals surface area contributed by atoms with Gasteiger partial charge in [-0.05, 0) is 61.7 Å². The molecule has 2 saturated heterocycles. The molecule has 0 aromatic heterocycles. The van der Waals surface area contributed by atoms with Gasteiger partial charge in [0, 0.05) is 20.3 Å². The van der Waals surface area contributed by atoms with Crippen LogP contribution in [0.5, 0.6) is 0 Å². The molecule has 16 atom stereocenters. The molecule has 5 saturated carbocycles. The Balaban J connectivity index is 1.28. The molecule has 0 unspecified atom stereocenters. The van der Waals surface area contributed by atoms with Crippen LogP contribution in [0.15, 0.2) is 12.2 Å². The number of carbonyl (C=O) groups excluding carboxylic acids is 4. The fraction of sp³-hybridized carbons (Fsp3) is 0.829. The summed E-state index contributed by atoms with van der Waals surface area (Å²) in [5, 5.41) is 52.7. The lowest BCUT2D eigenvalue weighted by Gasteiger charge is -2.68. The molecule has 1 spiro atoms. The number of Topliss-reactive ketones (excluding diaryl/α,β-unsaturated/α-hetero) is 1. The standard InChI is InChI=1S/C35H50O15/c1-15-11-35-10-7-21-33(4,29(35)24(42)22(15)18(39)12-35)8-6-9-34(21,5)32(44)50-31-28(47-17(3)38)27(46-16(2)37)26(20(13-36)48-31)49-30-25(43)23(41)19(40)14-45-30/h19-31,36,40-43H,1,6-14H2,2-5H3/t19-,20+,21-,22-,23-,24-,25+,26+,27-,28+,29-,30-,31-,33+,34+,35-/m0/s1. The third-order valence-corrected chi connectivity index (χ3v) is 12.7. The van der Waals surface area contributed by atoms with E-state index in [0.29, 0.717) is 38.5 Å². The van der Waals surface area contributed by atoms with Crippen molar-refractivity contribution in [1.29, 1.82) is 0 Å². The summed E-state index contributed by atoms with van der Waals surface area (Å²) in [6.07, 6.45) is -10.8. The Bertz CT molecular complexity index is 1370. The Kier molecular flexibility index (Phi) is 10.0. The predicted octanol–water partition coefficient (Wildman–Crippen LogP) is 0.0533. The van der Waals surface area contributed by atoms with Crippen LogP contribution in [0.2, 0.25) is 0 Å².